The molecular weight excluding hydrogens is 198 g/mol. The summed E-state index contributed by atoms with van der Waals surface area (Å²) in [7, 11) is 1.77. The van der Waals surface area contributed by atoms with Crippen molar-refractivity contribution in [3.05, 3.63) is 22.8 Å². The zero-order valence-electron chi connectivity index (χ0n) is 10.7. The maximum Gasteiger partial charge on any atom is 0.123 e. The molecule has 0 radical (unpaired) electrons. The Kier molecular flexibility index (Phi) is 3.08. The number of rotatable bonds is 2. The summed E-state index contributed by atoms with van der Waals surface area (Å²) in [5.74, 6) is 1.57. The predicted molar refractivity (Wildman–Crippen MR) is 68.6 cm³/mol. The molecule has 0 aliphatic carbocycles. The fourth-order valence-electron chi connectivity index (χ4n) is 2.65. The third kappa shape index (κ3) is 1.77. The Balaban J connectivity index is 2.63. The standard InChI is InChI=1S/C14H21NO/c1-9(2)13-11-6-5-7-15-14(11)10(3)8-12(13)16-4/h8-9,15H,5-7H2,1-4H3. The number of ether oxygens (including phenoxy) is 1. The van der Waals surface area contributed by atoms with Crippen LogP contribution in [0.2, 0.25) is 0 Å². The molecule has 0 saturated carbocycles. The predicted octanol–water partition coefficient (Wildman–Crippen LogP) is 3.49. The smallest absolute Gasteiger partial charge is 0.123 e. The van der Waals surface area contributed by atoms with E-state index >= 15 is 0 Å². The van der Waals surface area contributed by atoms with Crippen LogP contribution in [0.3, 0.4) is 0 Å². The molecule has 2 heteroatoms. The molecule has 1 N–H and O–H groups in total. The van der Waals surface area contributed by atoms with E-state index in [2.05, 4.69) is 32.2 Å². The summed E-state index contributed by atoms with van der Waals surface area (Å²) in [6.45, 7) is 7.73. The van der Waals surface area contributed by atoms with E-state index < -0.39 is 0 Å². The molecule has 0 atom stereocenters. The lowest BCUT2D eigenvalue weighted by molar-refractivity contribution is 0.406. The van der Waals surface area contributed by atoms with E-state index in [0.29, 0.717) is 5.92 Å². The fraction of sp³-hybridized carbons (Fsp3) is 0.571. The van der Waals surface area contributed by atoms with Crippen molar-refractivity contribution in [3.8, 4) is 5.75 Å². The minimum absolute atomic E-state index is 0.518. The highest BCUT2D eigenvalue weighted by Crippen LogP contribution is 2.39. The maximum absolute atomic E-state index is 5.53. The quantitative estimate of drug-likeness (QED) is 0.822. The lowest BCUT2D eigenvalue weighted by Gasteiger charge is -2.26. The molecule has 2 rings (SSSR count). The van der Waals surface area contributed by atoms with E-state index in [1.807, 2.05) is 0 Å². The summed E-state index contributed by atoms with van der Waals surface area (Å²) < 4.78 is 5.53. The second kappa shape index (κ2) is 4.36. The van der Waals surface area contributed by atoms with Gasteiger partial charge in [-0.2, -0.15) is 0 Å². The molecule has 1 aliphatic rings. The van der Waals surface area contributed by atoms with Crippen molar-refractivity contribution in [2.24, 2.45) is 0 Å². The first-order chi connectivity index (χ1) is 7.65. The van der Waals surface area contributed by atoms with Gasteiger partial charge < -0.3 is 10.1 Å². The van der Waals surface area contributed by atoms with Crippen LogP contribution in [0, 0.1) is 6.92 Å². The van der Waals surface area contributed by atoms with Crippen molar-refractivity contribution < 1.29 is 4.74 Å². The lowest BCUT2D eigenvalue weighted by Crippen LogP contribution is -2.16. The Hall–Kier alpha value is -1.18. The third-order valence-electron chi connectivity index (χ3n) is 3.34. The Bertz CT molecular complexity index is 396. The minimum atomic E-state index is 0.518. The van der Waals surface area contributed by atoms with Crippen LogP contribution in [0.5, 0.6) is 5.75 Å². The number of methoxy groups -OCH3 is 1. The molecule has 0 fully saturated rings. The molecule has 1 aliphatic heterocycles. The number of hydrogen-bond acceptors (Lipinski definition) is 2. The number of nitrogens with one attached hydrogen (secondary N) is 1. The summed E-state index contributed by atoms with van der Waals surface area (Å²) in [5.41, 5.74) is 5.50. The van der Waals surface area contributed by atoms with Crippen molar-refractivity contribution in [3.63, 3.8) is 0 Å². The highest BCUT2D eigenvalue weighted by atomic mass is 16.5. The molecule has 0 aromatic heterocycles. The van der Waals surface area contributed by atoms with Gasteiger partial charge in [0.2, 0.25) is 0 Å². The number of aryl methyl sites for hydroxylation is 1. The minimum Gasteiger partial charge on any atom is -0.496 e. The van der Waals surface area contributed by atoms with Crippen molar-refractivity contribution in [2.75, 3.05) is 19.0 Å². The Morgan fingerprint density at radius 3 is 2.75 bits per heavy atom. The van der Waals surface area contributed by atoms with Gasteiger partial charge in [-0.3, -0.25) is 0 Å². The van der Waals surface area contributed by atoms with Gasteiger partial charge in [-0.15, -0.1) is 0 Å². The van der Waals surface area contributed by atoms with E-state index in [4.69, 9.17) is 4.74 Å². The van der Waals surface area contributed by atoms with Gasteiger partial charge in [0.15, 0.2) is 0 Å². The number of hydrogen-bond donors (Lipinski definition) is 1. The lowest BCUT2D eigenvalue weighted by atomic mass is 9.88. The molecule has 0 unspecified atom stereocenters. The number of anilines is 1. The zero-order valence-corrected chi connectivity index (χ0v) is 10.7. The second-order valence-corrected chi connectivity index (χ2v) is 4.85. The van der Waals surface area contributed by atoms with Crippen LogP contribution in [0.1, 0.15) is 42.9 Å². The highest BCUT2D eigenvalue weighted by molar-refractivity contribution is 5.66. The summed E-state index contributed by atoms with van der Waals surface area (Å²) in [4.78, 5) is 0. The van der Waals surface area contributed by atoms with Crippen LogP contribution in [0.25, 0.3) is 0 Å². The van der Waals surface area contributed by atoms with Crippen molar-refractivity contribution >= 4 is 5.69 Å². The highest BCUT2D eigenvalue weighted by Gasteiger charge is 2.20. The average Bonchev–Trinajstić information content (AvgIpc) is 2.28. The van der Waals surface area contributed by atoms with Gasteiger partial charge >= 0.3 is 0 Å². The Labute approximate surface area is 98.0 Å². The largest absolute Gasteiger partial charge is 0.496 e. The molecule has 0 bridgehead atoms. The Morgan fingerprint density at radius 1 is 1.38 bits per heavy atom. The molecule has 88 valence electrons. The van der Waals surface area contributed by atoms with Gasteiger partial charge in [0.05, 0.1) is 7.11 Å². The summed E-state index contributed by atoms with van der Waals surface area (Å²) in [5, 5.41) is 3.52. The van der Waals surface area contributed by atoms with E-state index in [1.165, 1.54) is 35.2 Å². The topological polar surface area (TPSA) is 21.3 Å². The van der Waals surface area contributed by atoms with E-state index in [-0.39, 0.29) is 0 Å². The van der Waals surface area contributed by atoms with Gasteiger partial charge in [-0.1, -0.05) is 13.8 Å². The van der Waals surface area contributed by atoms with Crippen molar-refractivity contribution in [1.82, 2.24) is 0 Å². The van der Waals surface area contributed by atoms with Crippen LogP contribution in [0.4, 0.5) is 5.69 Å². The molecule has 2 nitrogen and oxygen atoms in total. The SMILES string of the molecule is COc1cc(C)c2c(c1C(C)C)CCCN2. The van der Waals surface area contributed by atoms with E-state index in [1.54, 1.807) is 7.11 Å². The molecular formula is C14H21NO. The molecule has 0 spiro atoms. The maximum atomic E-state index is 5.53. The first-order valence-corrected chi connectivity index (χ1v) is 6.09. The van der Waals surface area contributed by atoms with Gasteiger partial charge in [0.25, 0.3) is 0 Å². The van der Waals surface area contributed by atoms with Gasteiger partial charge in [-0.05, 0) is 42.9 Å². The van der Waals surface area contributed by atoms with E-state index in [9.17, 15) is 0 Å². The number of benzene rings is 1. The zero-order chi connectivity index (χ0) is 11.7. The van der Waals surface area contributed by atoms with Crippen LogP contribution in [-0.4, -0.2) is 13.7 Å². The first-order valence-electron chi connectivity index (χ1n) is 6.09. The molecule has 0 saturated heterocycles. The van der Waals surface area contributed by atoms with Gasteiger partial charge in [0, 0.05) is 17.8 Å². The molecule has 1 heterocycles. The van der Waals surface area contributed by atoms with Gasteiger partial charge in [-0.25, -0.2) is 0 Å². The van der Waals surface area contributed by atoms with E-state index in [0.717, 1.165) is 12.3 Å². The summed E-state index contributed by atoms with van der Waals surface area (Å²) >= 11 is 0. The first kappa shape index (κ1) is 11.3. The molecule has 0 amide bonds. The normalized spacial score (nSPS) is 14.6. The van der Waals surface area contributed by atoms with Crippen molar-refractivity contribution in [2.45, 2.75) is 39.5 Å². The second-order valence-electron chi connectivity index (χ2n) is 4.85. The van der Waals surface area contributed by atoms with Crippen LogP contribution < -0.4 is 10.1 Å². The van der Waals surface area contributed by atoms with Gasteiger partial charge in [0.1, 0.15) is 5.75 Å². The molecule has 1 aromatic rings. The average molecular weight is 219 g/mol. The molecule has 1 aromatic carbocycles. The van der Waals surface area contributed by atoms with Crippen LogP contribution >= 0.6 is 0 Å². The number of fused-ring (bicyclic) bond motifs is 1. The fourth-order valence-corrected chi connectivity index (χ4v) is 2.65. The Morgan fingerprint density at radius 2 is 2.12 bits per heavy atom. The van der Waals surface area contributed by atoms with Crippen molar-refractivity contribution in [1.29, 1.82) is 0 Å². The third-order valence-corrected chi connectivity index (χ3v) is 3.34. The summed E-state index contributed by atoms with van der Waals surface area (Å²) in [6, 6.07) is 2.16. The van der Waals surface area contributed by atoms with Crippen LogP contribution in [0.15, 0.2) is 6.07 Å². The monoisotopic (exact) mass is 219 g/mol. The molecule has 16 heavy (non-hydrogen) atoms. The summed E-state index contributed by atoms with van der Waals surface area (Å²) in [6.07, 6.45) is 2.40. The van der Waals surface area contributed by atoms with Crippen LogP contribution in [-0.2, 0) is 6.42 Å².